The van der Waals surface area contributed by atoms with Crippen molar-refractivity contribution >= 4 is 61.6 Å². The first-order chi connectivity index (χ1) is 25.1. The molecule has 3 aromatic heterocycles. The SMILES string of the molecule is O=C1c2ccccc2C(=O)N1c1cccc2c3nc4nc(nc5[nH]c(nc6nc(nc([nH]3)c12)-c1ccccc1-6)c1ccccc51)-c1ccccc1-4. The predicted octanol–water partition coefficient (Wildman–Crippen LogP) is 7.67. The second kappa shape index (κ2) is 10.1. The number of rotatable bonds is 1. The third kappa shape index (κ3) is 3.88. The fraction of sp³-hybridized carbons (Fsp3) is 0. The molecule has 3 aliphatic heterocycles. The molecular formula is C40H21N9O2. The maximum Gasteiger partial charge on any atom is 0.266 e. The highest BCUT2D eigenvalue weighted by Gasteiger charge is 2.37. The molecule has 0 aliphatic carbocycles. The summed E-state index contributed by atoms with van der Waals surface area (Å²) in [6.45, 7) is 0. The van der Waals surface area contributed by atoms with Crippen LogP contribution in [-0.2, 0) is 0 Å². The lowest BCUT2D eigenvalue weighted by Crippen LogP contribution is -2.29. The van der Waals surface area contributed by atoms with Gasteiger partial charge in [0.25, 0.3) is 11.8 Å². The summed E-state index contributed by atoms with van der Waals surface area (Å²) >= 11 is 0. The number of imide groups is 1. The lowest BCUT2D eigenvalue weighted by molar-refractivity contribution is 0.0926. The molecule has 0 spiro atoms. The number of H-pyrrole nitrogens is 2. The molecule has 0 saturated carbocycles. The number of carbonyl (C=O) groups is 2. The van der Waals surface area contributed by atoms with Gasteiger partial charge in [0.05, 0.1) is 22.2 Å². The molecule has 238 valence electrons. The Balaban J connectivity index is 1.30. The summed E-state index contributed by atoms with van der Waals surface area (Å²) in [5.41, 5.74) is 6.38. The molecule has 3 aliphatic rings. The topological polar surface area (TPSA) is 146 Å². The van der Waals surface area contributed by atoms with Gasteiger partial charge in [0.2, 0.25) is 0 Å². The minimum Gasteiger partial charge on any atom is -0.324 e. The molecule has 0 unspecified atom stereocenters. The number of aromatic nitrogens is 8. The number of hydrogen-bond acceptors (Lipinski definition) is 8. The highest BCUT2D eigenvalue weighted by molar-refractivity contribution is 6.37. The summed E-state index contributed by atoms with van der Waals surface area (Å²) in [6.07, 6.45) is 0. The summed E-state index contributed by atoms with van der Waals surface area (Å²) in [6, 6.07) is 35.8. The molecule has 51 heavy (non-hydrogen) atoms. The zero-order valence-corrected chi connectivity index (χ0v) is 26.4. The van der Waals surface area contributed by atoms with Crippen LogP contribution in [0.2, 0.25) is 0 Å². The second-order valence-corrected chi connectivity index (χ2v) is 12.4. The molecule has 5 aromatic carbocycles. The first-order valence-corrected chi connectivity index (χ1v) is 16.3. The largest absolute Gasteiger partial charge is 0.324 e. The number of fused-ring (bicyclic) bond motifs is 21. The first kappa shape index (κ1) is 27.5. The van der Waals surface area contributed by atoms with Crippen molar-refractivity contribution in [1.29, 1.82) is 0 Å². The van der Waals surface area contributed by atoms with Gasteiger partial charge in [-0.1, -0.05) is 97.1 Å². The molecule has 8 bridgehead atoms. The lowest BCUT2D eigenvalue weighted by Gasteiger charge is -2.15. The van der Waals surface area contributed by atoms with E-state index >= 15 is 0 Å². The van der Waals surface area contributed by atoms with Gasteiger partial charge in [0.15, 0.2) is 23.3 Å². The normalized spacial score (nSPS) is 13.1. The molecule has 6 heterocycles. The minimum atomic E-state index is -0.405. The van der Waals surface area contributed by atoms with Crippen LogP contribution in [0.3, 0.4) is 0 Å². The molecule has 2 N–H and O–H groups in total. The highest BCUT2D eigenvalue weighted by Crippen LogP contribution is 2.40. The van der Waals surface area contributed by atoms with E-state index in [0.29, 0.717) is 73.5 Å². The molecule has 0 fully saturated rings. The van der Waals surface area contributed by atoms with Crippen molar-refractivity contribution in [3.63, 3.8) is 0 Å². The quantitative estimate of drug-likeness (QED) is 0.171. The van der Waals surface area contributed by atoms with Gasteiger partial charge in [-0.15, -0.1) is 0 Å². The standard InChI is InChI=1S/C40H21N9O2/c50-39-26-16-7-8-17-27(26)40(51)49(39)29-19-9-18-28-30(29)38-47-36-25-15-6-5-14-24(25)34(45-36)43-32-21-11-2-1-10-20(21)31(41-32)42-33-22-12-3-4-13-23(22)35(44-33)46-37(28)48-38/h1-19H,(H2,41,42,43,44,45,46,47,48). The van der Waals surface area contributed by atoms with Crippen molar-refractivity contribution < 1.29 is 9.59 Å². The van der Waals surface area contributed by atoms with Gasteiger partial charge in [-0.3, -0.25) is 9.59 Å². The lowest BCUT2D eigenvalue weighted by atomic mass is 10.1. The van der Waals surface area contributed by atoms with Gasteiger partial charge in [0, 0.05) is 38.4 Å². The Morgan fingerprint density at radius 1 is 0.373 bits per heavy atom. The highest BCUT2D eigenvalue weighted by atomic mass is 16.2. The maximum atomic E-state index is 13.8. The summed E-state index contributed by atoms with van der Waals surface area (Å²) in [5.74, 6) is 1.05. The number of amides is 2. The number of anilines is 1. The zero-order chi connectivity index (χ0) is 33.8. The maximum absolute atomic E-state index is 13.8. The van der Waals surface area contributed by atoms with E-state index in [1.165, 1.54) is 4.90 Å². The molecule has 11 nitrogen and oxygen atoms in total. The van der Waals surface area contributed by atoms with Crippen LogP contribution < -0.4 is 4.90 Å². The van der Waals surface area contributed by atoms with Crippen LogP contribution in [0, 0.1) is 0 Å². The van der Waals surface area contributed by atoms with E-state index in [1.54, 1.807) is 36.4 Å². The molecule has 11 heteroatoms. The van der Waals surface area contributed by atoms with Crippen molar-refractivity contribution in [2.75, 3.05) is 4.90 Å². The van der Waals surface area contributed by atoms with Crippen LogP contribution in [0.4, 0.5) is 5.69 Å². The van der Waals surface area contributed by atoms with E-state index in [4.69, 9.17) is 29.9 Å². The monoisotopic (exact) mass is 659 g/mol. The van der Waals surface area contributed by atoms with E-state index < -0.39 is 11.8 Å². The Morgan fingerprint density at radius 2 is 0.745 bits per heavy atom. The molecule has 11 rings (SSSR count). The Kier molecular flexibility index (Phi) is 5.43. The fourth-order valence-electron chi connectivity index (χ4n) is 7.27. The summed E-state index contributed by atoms with van der Waals surface area (Å²) in [5, 5.41) is 2.98. The predicted molar refractivity (Wildman–Crippen MR) is 194 cm³/mol. The van der Waals surface area contributed by atoms with Gasteiger partial charge in [-0.25, -0.2) is 34.8 Å². The number of carbonyl (C=O) groups excluding carboxylic acids is 2. The molecule has 2 amide bonds. The van der Waals surface area contributed by atoms with Crippen molar-refractivity contribution in [2.24, 2.45) is 0 Å². The molecule has 0 radical (unpaired) electrons. The van der Waals surface area contributed by atoms with Crippen LogP contribution in [0.25, 0.3) is 89.7 Å². The van der Waals surface area contributed by atoms with Crippen molar-refractivity contribution in [3.8, 4) is 45.6 Å². The average Bonchev–Trinajstić information content (AvgIpc) is 3.95. The van der Waals surface area contributed by atoms with Crippen LogP contribution in [0.1, 0.15) is 20.7 Å². The zero-order valence-electron chi connectivity index (χ0n) is 26.4. The molecule has 8 aromatic rings. The first-order valence-electron chi connectivity index (χ1n) is 16.3. The van der Waals surface area contributed by atoms with Crippen LogP contribution in [0.5, 0.6) is 0 Å². The molecule has 0 atom stereocenters. The van der Waals surface area contributed by atoms with E-state index in [0.717, 1.165) is 33.0 Å². The number of hydrogen-bond donors (Lipinski definition) is 2. The Morgan fingerprint density at radius 3 is 1.24 bits per heavy atom. The number of benzene rings is 5. The van der Waals surface area contributed by atoms with Crippen molar-refractivity contribution in [1.82, 2.24) is 39.9 Å². The van der Waals surface area contributed by atoms with E-state index in [2.05, 4.69) is 9.97 Å². The Bertz CT molecular complexity index is 3010. The van der Waals surface area contributed by atoms with Gasteiger partial charge in [-0.2, -0.15) is 0 Å². The van der Waals surface area contributed by atoms with Crippen molar-refractivity contribution in [2.45, 2.75) is 0 Å². The van der Waals surface area contributed by atoms with Crippen LogP contribution in [-0.4, -0.2) is 51.7 Å². The smallest absolute Gasteiger partial charge is 0.266 e. The van der Waals surface area contributed by atoms with E-state index in [-0.39, 0.29) is 0 Å². The fourth-order valence-corrected chi connectivity index (χ4v) is 7.27. The average molecular weight is 660 g/mol. The van der Waals surface area contributed by atoms with Gasteiger partial charge >= 0.3 is 0 Å². The summed E-state index contributed by atoms with van der Waals surface area (Å²) in [4.78, 5) is 65.8. The number of nitrogens with zero attached hydrogens (tertiary/aromatic N) is 7. The van der Waals surface area contributed by atoms with E-state index in [1.807, 2.05) is 78.9 Å². The van der Waals surface area contributed by atoms with Crippen molar-refractivity contribution in [3.05, 3.63) is 126 Å². The van der Waals surface area contributed by atoms with Gasteiger partial charge in [-0.05, 0) is 18.2 Å². The number of nitrogens with one attached hydrogen (secondary N) is 2. The van der Waals surface area contributed by atoms with Gasteiger partial charge < -0.3 is 9.97 Å². The third-order valence-corrected chi connectivity index (χ3v) is 9.59. The number of aromatic amines is 2. The Hall–Kier alpha value is -7.40. The summed E-state index contributed by atoms with van der Waals surface area (Å²) in [7, 11) is 0. The molecular weight excluding hydrogens is 639 g/mol. The summed E-state index contributed by atoms with van der Waals surface area (Å²) < 4.78 is 0. The van der Waals surface area contributed by atoms with Crippen LogP contribution >= 0.6 is 0 Å². The van der Waals surface area contributed by atoms with Crippen LogP contribution in [0.15, 0.2) is 115 Å². The minimum absolute atomic E-state index is 0.350. The second-order valence-electron chi connectivity index (χ2n) is 12.4. The van der Waals surface area contributed by atoms with Gasteiger partial charge in [0.1, 0.15) is 22.6 Å². The third-order valence-electron chi connectivity index (χ3n) is 9.59. The van der Waals surface area contributed by atoms with E-state index in [9.17, 15) is 9.59 Å². The molecule has 0 saturated heterocycles. The Labute approximate surface area is 287 Å².